The fourth-order valence-corrected chi connectivity index (χ4v) is 4.08. The Labute approximate surface area is 127 Å². The fraction of sp³-hybridized carbons (Fsp3) is 0.857. The zero-order chi connectivity index (χ0) is 16.8. The second kappa shape index (κ2) is 4.13. The van der Waals surface area contributed by atoms with Crippen molar-refractivity contribution in [3.8, 4) is 0 Å². The maximum atomic E-state index is 11.5. The number of nitrogens with two attached hydrogens (primary N) is 3. The van der Waals surface area contributed by atoms with E-state index in [0.717, 1.165) is 19.9 Å². The number of rotatable bonds is 3. The fourth-order valence-electron chi connectivity index (χ4n) is 4.08. The minimum Gasteiger partial charge on any atom is -0.295 e. The Morgan fingerprint density at radius 1 is 0.739 bits per heavy atom. The standard InChI is InChI=1S/C7H13N11O5/c8-12-2-5-13(9)4(12)7-14(10)6(16(5)18(22)23)3(11(2)1-19)15(7)17(20)21/h1-7H,8-10H2. The highest BCUT2D eigenvalue weighted by Crippen LogP contribution is 2.47. The molecule has 5 saturated heterocycles. The molecule has 5 aliphatic heterocycles. The molecular weight excluding hydrogens is 318 g/mol. The van der Waals surface area contributed by atoms with Gasteiger partial charge in [-0.25, -0.2) is 20.2 Å². The van der Waals surface area contributed by atoms with Crippen LogP contribution in [-0.4, -0.2) is 83.4 Å². The Balaban J connectivity index is 1.98. The van der Waals surface area contributed by atoms with Crippen molar-refractivity contribution in [3.63, 3.8) is 0 Å². The van der Waals surface area contributed by atoms with Crippen molar-refractivity contribution in [2.45, 2.75) is 37.0 Å². The van der Waals surface area contributed by atoms with Crippen LogP contribution < -0.4 is 17.5 Å². The van der Waals surface area contributed by atoms with Crippen LogP contribution in [0.4, 0.5) is 0 Å². The Bertz CT molecular complexity index is 603. The quantitative estimate of drug-likeness (QED) is 0.192. The van der Waals surface area contributed by atoms with E-state index in [2.05, 4.69) is 0 Å². The number of piperazine rings is 1. The summed E-state index contributed by atoms with van der Waals surface area (Å²) in [5.74, 6) is 17.8. The van der Waals surface area contributed by atoms with Crippen LogP contribution in [0.2, 0.25) is 0 Å². The minimum atomic E-state index is -1.27. The Hall–Kier alpha value is -2.37. The average molecular weight is 331 g/mol. The topological polar surface area (TPSA) is 201 Å². The molecule has 0 aromatic heterocycles. The lowest BCUT2D eigenvalue weighted by Crippen LogP contribution is -2.76. The van der Waals surface area contributed by atoms with Crippen LogP contribution in [0.3, 0.4) is 0 Å². The van der Waals surface area contributed by atoms with Crippen molar-refractivity contribution in [3.05, 3.63) is 20.2 Å². The first-order valence-corrected chi connectivity index (χ1v) is 6.50. The minimum absolute atomic E-state index is 0.362. The second-order valence-electron chi connectivity index (χ2n) is 5.61. The number of nitrogens with zero attached hydrogens (tertiary/aromatic N) is 8. The van der Waals surface area contributed by atoms with Crippen molar-refractivity contribution >= 4 is 6.41 Å². The molecule has 5 heterocycles. The van der Waals surface area contributed by atoms with Gasteiger partial charge in [0, 0.05) is 0 Å². The van der Waals surface area contributed by atoms with E-state index in [4.69, 9.17) is 17.5 Å². The lowest BCUT2D eigenvalue weighted by Gasteiger charge is -2.46. The van der Waals surface area contributed by atoms with Crippen LogP contribution in [0.5, 0.6) is 0 Å². The molecule has 5 rings (SSSR count). The summed E-state index contributed by atoms with van der Waals surface area (Å²) in [6, 6.07) is 0. The van der Waals surface area contributed by atoms with Gasteiger partial charge in [0.25, 0.3) is 0 Å². The number of hydrogen-bond donors (Lipinski definition) is 3. The first-order chi connectivity index (χ1) is 10.8. The lowest BCUT2D eigenvalue weighted by molar-refractivity contribution is -0.705. The van der Waals surface area contributed by atoms with Crippen LogP contribution in [0.1, 0.15) is 0 Å². The van der Waals surface area contributed by atoms with E-state index in [-0.39, 0.29) is 0 Å². The van der Waals surface area contributed by atoms with Gasteiger partial charge < -0.3 is 0 Å². The van der Waals surface area contributed by atoms with Gasteiger partial charge in [0.15, 0.2) is 22.4 Å². The van der Waals surface area contributed by atoms with Crippen molar-refractivity contribution in [2.24, 2.45) is 17.5 Å². The molecular formula is C7H13N11O5. The van der Waals surface area contributed by atoms with Crippen LogP contribution in [0, 0.1) is 20.2 Å². The normalized spacial score (nSPS) is 42.7. The van der Waals surface area contributed by atoms with E-state index >= 15 is 0 Å². The molecule has 1 amide bonds. The van der Waals surface area contributed by atoms with E-state index < -0.39 is 47.1 Å². The number of hydrogen-bond acceptors (Lipinski definition) is 11. The number of amides is 1. The van der Waals surface area contributed by atoms with Gasteiger partial charge in [0.05, 0.1) is 0 Å². The molecule has 6 unspecified atom stereocenters. The smallest absolute Gasteiger partial charge is 0.213 e. The maximum Gasteiger partial charge on any atom is 0.213 e. The Kier molecular flexibility index (Phi) is 2.55. The van der Waals surface area contributed by atoms with Gasteiger partial charge in [-0.2, -0.15) is 15.0 Å². The summed E-state index contributed by atoms with van der Waals surface area (Å²) in [4.78, 5) is 35.6. The van der Waals surface area contributed by atoms with Crippen molar-refractivity contribution in [2.75, 3.05) is 0 Å². The molecule has 5 aliphatic rings. The molecule has 0 radical (unpaired) electrons. The third-order valence-electron chi connectivity index (χ3n) is 4.83. The maximum absolute atomic E-state index is 11.5. The monoisotopic (exact) mass is 331 g/mol. The third kappa shape index (κ3) is 1.33. The molecule has 0 aromatic carbocycles. The van der Waals surface area contributed by atoms with Gasteiger partial charge in [-0.05, 0) is 0 Å². The van der Waals surface area contributed by atoms with E-state index in [0.29, 0.717) is 16.4 Å². The number of carbonyl (C=O) groups is 1. The summed E-state index contributed by atoms with van der Waals surface area (Å²) in [5.41, 5.74) is 0. The van der Waals surface area contributed by atoms with E-state index in [1.165, 1.54) is 0 Å². The third-order valence-corrected chi connectivity index (χ3v) is 4.83. The molecule has 5 fully saturated rings. The first-order valence-electron chi connectivity index (χ1n) is 6.50. The predicted octanol–water partition coefficient (Wildman–Crippen LogP) is -5.03. The highest BCUT2D eigenvalue weighted by atomic mass is 16.7. The summed E-state index contributed by atoms with van der Waals surface area (Å²) in [7, 11) is 0. The van der Waals surface area contributed by atoms with E-state index in [9.17, 15) is 25.0 Å². The van der Waals surface area contributed by atoms with Crippen LogP contribution in [0.25, 0.3) is 0 Å². The zero-order valence-corrected chi connectivity index (χ0v) is 11.4. The highest BCUT2D eigenvalue weighted by molar-refractivity contribution is 5.50. The summed E-state index contributed by atoms with van der Waals surface area (Å²) >= 11 is 0. The number of carbonyl (C=O) groups excluding carboxylic acids is 1. The van der Waals surface area contributed by atoms with Crippen molar-refractivity contribution in [1.82, 2.24) is 29.9 Å². The average Bonchev–Trinajstić information content (AvgIpc) is 2.84. The molecule has 6 bridgehead atoms. The molecule has 6 atom stereocenters. The van der Waals surface area contributed by atoms with Crippen LogP contribution in [-0.2, 0) is 4.79 Å². The number of hydrazine groups is 5. The molecule has 0 spiro atoms. The molecule has 0 aliphatic carbocycles. The molecule has 126 valence electrons. The molecule has 23 heavy (non-hydrogen) atoms. The summed E-state index contributed by atoms with van der Waals surface area (Å²) < 4.78 is 0. The lowest BCUT2D eigenvalue weighted by atomic mass is 10.2. The summed E-state index contributed by atoms with van der Waals surface area (Å²) in [5, 5.41) is 26.0. The van der Waals surface area contributed by atoms with E-state index in [1.807, 2.05) is 0 Å². The molecule has 0 saturated carbocycles. The largest absolute Gasteiger partial charge is 0.295 e. The van der Waals surface area contributed by atoms with Crippen molar-refractivity contribution in [1.29, 1.82) is 0 Å². The molecule has 6 N–H and O–H groups in total. The summed E-state index contributed by atoms with van der Waals surface area (Å²) in [6.45, 7) is 0. The zero-order valence-electron chi connectivity index (χ0n) is 11.4. The van der Waals surface area contributed by atoms with Gasteiger partial charge in [0.2, 0.25) is 18.7 Å². The molecule has 16 nitrogen and oxygen atoms in total. The van der Waals surface area contributed by atoms with Gasteiger partial charge in [-0.1, -0.05) is 10.0 Å². The van der Waals surface area contributed by atoms with Crippen LogP contribution >= 0.6 is 0 Å². The van der Waals surface area contributed by atoms with Gasteiger partial charge in [-0.15, -0.1) is 0 Å². The predicted molar refractivity (Wildman–Crippen MR) is 66.4 cm³/mol. The Morgan fingerprint density at radius 3 is 1.65 bits per heavy atom. The van der Waals surface area contributed by atoms with Crippen molar-refractivity contribution < 1.29 is 14.9 Å². The number of nitro groups is 2. The molecule has 0 aromatic rings. The molecule has 16 heteroatoms. The van der Waals surface area contributed by atoms with Crippen LogP contribution in [0.15, 0.2) is 0 Å². The van der Waals surface area contributed by atoms with Gasteiger partial charge in [0.1, 0.15) is 12.3 Å². The van der Waals surface area contributed by atoms with E-state index in [1.54, 1.807) is 0 Å². The van der Waals surface area contributed by atoms with Gasteiger partial charge in [-0.3, -0.25) is 27.2 Å². The highest BCUT2D eigenvalue weighted by Gasteiger charge is 2.77. The second-order valence-corrected chi connectivity index (χ2v) is 5.61. The Morgan fingerprint density at radius 2 is 1.13 bits per heavy atom. The first kappa shape index (κ1) is 14.2. The SMILES string of the molecule is NN1C2C3N(N)C4C(N(C=O)C1C(N2N)N4[N+](=O)[O-])N3[N+](=O)[O-]. The van der Waals surface area contributed by atoms with Gasteiger partial charge >= 0.3 is 0 Å². The summed E-state index contributed by atoms with van der Waals surface area (Å²) in [6.07, 6.45) is -6.43.